The molecule has 0 aliphatic rings. The van der Waals surface area contributed by atoms with Crippen molar-refractivity contribution in [2.45, 2.75) is 6.10 Å². The third-order valence-electron chi connectivity index (χ3n) is 1.53. The Morgan fingerprint density at radius 2 is 2.54 bits per heavy atom. The van der Waals surface area contributed by atoms with Crippen molar-refractivity contribution in [1.29, 1.82) is 0 Å². The Labute approximate surface area is 90.4 Å². The quantitative estimate of drug-likeness (QED) is 0.853. The highest BCUT2D eigenvalue weighted by atomic mass is 79.9. The van der Waals surface area contributed by atoms with Crippen LogP contribution in [0.4, 0.5) is 0 Å². The molecule has 1 unspecified atom stereocenters. The Morgan fingerprint density at radius 1 is 1.77 bits per heavy atom. The molecule has 0 spiro atoms. The summed E-state index contributed by atoms with van der Waals surface area (Å²) in [4.78, 5) is 0.993. The summed E-state index contributed by atoms with van der Waals surface area (Å²) >= 11 is 4.80. The van der Waals surface area contributed by atoms with Gasteiger partial charge in [-0.15, -0.1) is 11.3 Å². The molecule has 0 bridgehead atoms. The van der Waals surface area contributed by atoms with Crippen LogP contribution in [0.3, 0.4) is 0 Å². The first kappa shape index (κ1) is 10.9. The van der Waals surface area contributed by atoms with Crippen LogP contribution in [0.2, 0.25) is 0 Å². The predicted octanol–water partition coefficient (Wildman–Crippen LogP) is 2.28. The van der Waals surface area contributed by atoms with Crippen LogP contribution in [-0.2, 0) is 0 Å². The van der Waals surface area contributed by atoms with Gasteiger partial charge in [0.15, 0.2) is 0 Å². The highest BCUT2D eigenvalue weighted by molar-refractivity contribution is 9.11. The summed E-state index contributed by atoms with van der Waals surface area (Å²) in [6.45, 7) is 4.93. The summed E-state index contributed by atoms with van der Waals surface area (Å²) in [6.07, 6.45) is -0.410. The van der Waals surface area contributed by atoms with E-state index in [0.29, 0.717) is 13.1 Å². The Balaban J connectivity index is 2.26. The predicted molar refractivity (Wildman–Crippen MR) is 60.2 cm³/mol. The summed E-state index contributed by atoms with van der Waals surface area (Å²) in [5.41, 5.74) is 0. The standard InChI is InChI=1S/C9H12BrNOS/c1-7(10)5-11-6-8(12)9-3-2-4-13-9/h2-4,8,11-12H,1,5-6H2. The van der Waals surface area contributed by atoms with Crippen LogP contribution in [-0.4, -0.2) is 18.2 Å². The Bertz CT molecular complexity index is 261. The van der Waals surface area contributed by atoms with Gasteiger partial charge in [-0.3, -0.25) is 0 Å². The molecule has 0 amide bonds. The van der Waals surface area contributed by atoms with Crippen molar-refractivity contribution in [3.05, 3.63) is 33.5 Å². The SMILES string of the molecule is C=C(Br)CNCC(O)c1cccs1. The maximum atomic E-state index is 9.63. The number of aliphatic hydroxyl groups is 1. The monoisotopic (exact) mass is 261 g/mol. The van der Waals surface area contributed by atoms with E-state index in [1.54, 1.807) is 11.3 Å². The molecule has 13 heavy (non-hydrogen) atoms. The van der Waals surface area contributed by atoms with E-state index in [-0.39, 0.29) is 0 Å². The zero-order chi connectivity index (χ0) is 9.68. The van der Waals surface area contributed by atoms with E-state index in [9.17, 15) is 5.11 Å². The minimum atomic E-state index is -0.410. The first-order valence-electron chi connectivity index (χ1n) is 3.95. The topological polar surface area (TPSA) is 32.3 Å². The Kier molecular flexibility index (Phi) is 4.66. The summed E-state index contributed by atoms with van der Waals surface area (Å²) < 4.78 is 0.894. The highest BCUT2D eigenvalue weighted by Gasteiger charge is 2.06. The molecule has 1 aromatic heterocycles. The van der Waals surface area contributed by atoms with E-state index in [1.807, 2.05) is 17.5 Å². The van der Waals surface area contributed by atoms with E-state index in [2.05, 4.69) is 27.8 Å². The van der Waals surface area contributed by atoms with Crippen LogP contribution in [0.15, 0.2) is 28.6 Å². The number of nitrogens with one attached hydrogen (secondary N) is 1. The highest BCUT2D eigenvalue weighted by Crippen LogP contribution is 2.17. The fraction of sp³-hybridized carbons (Fsp3) is 0.333. The van der Waals surface area contributed by atoms with Gasteiger partial charge in [-0.05, 0) is 11.4 Å². The molecule has 0 radical (unpaired) electrons. The molecule has 0 aliphatic heterocycles. The summed E-state index contributed by atoms with van der Waals surface area (Å²) in [6, 6.07) is 3.87. The molecule has 0 fully saturated rings. The minimum absolute atomic E-state index is 0.410. The lowest BCUT2D eigenvalue weighted by molar-refractivity contribution is 0.180. The van der Waals surface area contributed by atoms with Crippen LogP contribution < -0.4 is 5.32 Å². The number of hydrogen-bond donors (Lipinski definition) is 2. The van der Waals surface area contributed by atoms with Gasteiger partial charge in [0.05, 0.1) is 0 Å². The van der Waals surface area contributed by atoms with Crippen molar-refractivity contribution in [3.63, 3.8) is 0 Å². The largest absolute Gasteiger partial charge is 0.386 e. The van der Waals surface area contributed by atoms with E-state index < -0.39 is 6.10 Å². The van der Waals surface area contributed by atoms with E-state index in [4.69, 9.17) is 0 Å². The molecular weight excluding hydrogens is 250 g/mol. The number of halogens is 1. The van der Waals surface area contributed by atoms with Crippen LogP contribution >= 0.6 is 27.3 Å². The maximum absolute atomic E-state index is 9.63. The lowest BCUT2D eigenvalue weighted by atomic mass is 10.3. The third-order valence-corrected chi connectivity index (χ3v) is 2.78. The van der Waals surface area contributed by atoms with Crippen LogP contribution in [0, 0.1) is 0 Å². The molecule has 0 aliphatic carbocycles. The van der Waals surface area contributed by atoms with Gasteiger partial charge in [-0.1, -0.05) is 28.6 Å². The molecule has 4 heteroatoms. The van der Waals surface area contributed by atoms with Crippen molar-refractivity contribution in [2.24, 2.45) is 0 Å². The number of rotatable bonds is 5. The average Bonchev–Trinajstić information content (AvgIpc) is 2.55. The van der Waals surface area contributed by atoms with Gasteiger partial charge in [0, 0.05) is 22.4 Å². The second-order valence-electron chi connectivity index (χ2n) is 2.68. The van der Waals surface area contributed by atoms with Gasteiger partial charge >= 0.3 is 0 Å². The van der Waals surface area contributed by atoms with E-state index in [1.165, 1.54) is 0 Å². The molecule has 1 heterocycles. The lowest BCUT2D eigenvalue weighted by Gasteiger charge is -2.09. The molecule has 0 saturated carbocycles. The van der Waals surface area contributed by atoms with Crippen molar-refractivity contribution in [2.75, 3.05) is 13.1 Å². The Hall–Kier alpha value is -0.160. The molecule has 0 saturated heterocycles. The van der Waals surface area contributed by atoms with Gasteiger partial charge in [0.25, 0.3) is 0 Å². The zero-order valence-electron chi connectivity index (χ0n) is 7.16. The molecule has 2 nitrogen and oxygen atoms in total. The van der Waals surface area contributed by atoms with Gasteiger partial charge in [-0.25, -0.2) is 0 Å². The van der Waals surface area contributed by atoms with Crippen molar-refractivity contribution >= 4 is 27.3 Å². The summed E-state index contributed by atoms with van der Waals surface area (Å²) in [5, 5.41) is 14.7. The van der Waals surface area contributed by atoms with E-state index in [0.717, 1.165) is 9.36 Å². The number of hydrogen-bond acceptors (Lipinski definition) is 3. The fourth-order valence-electron chi connectivity index (χ4n) is 0.926. The van der Waals surface area contributed by atoms with Crippen molar-refractivity contribution < 1.29 is 5.11 Å². The van der Waals surface area contributed by atoms with Gasteiger partial charge in [0.2, 0.25) is 0 Å². The summed E-state index contributed by atoms with van der Waals surface area (Å²) in [7, 11) is 0. The first-order valence-corrected chi connectivity index (χ1v) is 5.63. The third kappa shape index (κ3) is 4.04. The van der Waals surface area contributed by atoms with Gasteiger partial charge in [-0.2, -0.15) is 0 Å². The van der Waals surface area contributed by atoms with Crippen LogP contribution in [0.1, 0.15) is 11.0 Å². The van der Waals surface area contributed by atoms with Gasteiger partial charge < -0.3 is 10.4 Å². The normalized spacial score (nSPS) is 12.8. The van der Waals surface area contributed by atoms with E-state index >= 15 is 0 Å². The van der Waals surface area contributed by atoms with Crippen LogP contribution in [0.25, 0.3) is 0 Å². The molecule has 1 atom stereocenters. The fourth-order valence-corrected chi connectivity index (χ4v) is 1.84. The van der Waals surface area contributed by atoms with Crippen molar-refractivity contribution in [1.82, 2.24) is 5.32 Å². The maximum Gasteiger partial charge on any atom is 0.101 e. The molecule has 72 valence electrons. The second kappa shape index (κ2) is 5.54. The summed E-state index contributed by atoms with van der Waals surface area (Å²) in [5.74, 6) is 0. The molecule has 1 rings (SSSR count). The smallest absolute Gasteiger partial charge is 0.101 e. The second-order valence-corrected chi connectivity index (χ2v) is 4.78. The minimum Gasteiger partial charge on any atom is -0.386 e. The van der Waals surface area contributed by atoms with Gasteiger partial charge in [0.1, 0.15) is 6.10 Å². The Morgan fingerprint density at radius 3 is 3.08 bits per heavy atom. The molecular formula is C9H12BrNOS. The number of thiophene rings is 1. The van der Waals surface area contributed by atoms with Crippen molar-refractivity contribution in [3.8, 4) is 0 Å². The molecule has 2 N–H and O–H groups in total. The lowest BCUT2D eigenvalue weighted by Crippen LogP contribution is -2.21. The van der Waals surface area contributed by atoms with Crippen LogP contribution in [0.5, 0.6) is 0 Å². The zero-order valence-corrected chi connectivity index (χ0v) is 9.57. The molecule has 0 aromatic carbocycles. The number of aliphatic hydroxyl groups excluding tert-OH is 1. The first-order chi connectivity index (χ1) is 6.20. The molecule has 1 aromatic rings. The average molecular weight is 262 g/mol.